The van der Waals surface area contributed by atoms with Crippen molar-refractivity contribution >= 4 is 11.8 Å². The molecule has 0 aliphatic carbocycles. The van der Waals surface area contributed by atoms with E-state index in [0.717, 1.165) is 6.42 Å². The van der Waals surface area contributed by atoms with E-state index in [9.17, 15) is 9.59 Å². The molecule has 1 atom stereocenters. The molecule has 1 rings (SSSR count). The number of rotatable bonds is 6. The van der Waals surface area contributed by atoms with Crippen LogP contribution in [0.1, 0.15) is 19.3 Å². The molecule has 6 heteroatoms. The number of ether oxygens (including phenoxy) is 1. The molecule has 0 saturated carbocycles. The van der Waals surface area contributed by atoms with Gasteiger partial charge in [0, 0.05) is 39.3 Å². The molecule has 1 heterocycles. The van der Waals surface area contributed by atoms with Crippen molar-refractivity contribution < 1.29 is 14.3 Å². The van der Waals surface area contributed by atoms with Gasteiger partial charge in [0.2, 0.25) is 11.8 Å². The van der Waals surface area contributed by atoms with Crippen molar-refractivity contribution in [3.63, 3.8) is 0 Å². The monoisotopic (exact) mass is 243 g/mol. The fourth-order valence-corrected chi connectivity index (χ4v) is 1.77. The van der Waals surface area contributed by atoms with E-state index in [0.29, 0.717) is 32.5 Å². The minimum atomic E-state index is -0.136. The van der Waals surface area contributed by atoms with E-state index in [4.69, 9.17) is 10.5 Å². The molecule has 0 radical (unpaired) electrons. The van der Waals surface area contributed by atoms with Crippen LogP contribution < -0.4 is 11.1 Å². The quantitative estimate of drug-likeness (QED) is 0.591. The number of nitrogens with one attached hydrogen (secondary N) is 1. The Hall–Kier alpha value is -1.14. The van der Waals surface area contributed by atoms with E-state index in [1.165, 1.54) is 4.90 Å². The smallest absolute Gasteiger partial charge is 0.239 e. The topological polar surface area (TPSA) is 84.7 Å². The fourth-order valence-electron chi connectivity index (χ4n) is 1.77. The van der Waals surface area contributed by atoms with Crippen LogP contribution in [0.4, 0.5) is 0 Å². The second-order valence-electron chi connectivity index (χ2n) is 4.27. The molecule has 0 aromatic carbocycles. The normalized spacial score (nSPS) is 20.5. The SMILES string of the molecule is COCCCNC(=O)CN1CC(N)CCC1=O. The van der Waals surface area contributed by atoms with Gasteiger partial charge >= 0.3 is 0 Å². The molecule has 1 aliphatic rings. The highest BCUT2D eigenvalue weighted by Crippen LogP contribution is 2.09. The van der Waals surface area contributed by atoms with Crippen molar-refractivity contribution in [2.45, 2.75) is 25.3 Å². The Kier molecular flexibility index (Phi) is 5.93. The number of piperidine rings is 1. The van der Waals surface area contributed by atoms with Gasteiger partial charge in [0.15, 0.2) is 0 Å². The third-order valence-electron chi connectivity index (χ3n) is 2.72. The fraction of sp³-hybridized carbons (Fsp3) is 0.818. The number of carbonyl (C=O) groups is 2. The minimum absolute atomic E-state index is 0.00556. The Labute approximate surface area is 101 Å². The summed E-state index contributed by atoms with van der Waals surface area (Å²) >= 11 is 0. The lowest BCUT2D eigenvalue weighted by Gasteiger charge is -2.30. The average Bonchev–Trinajstić information content (AvgIpc) is 2.29. The van der Waals surface area contributed by atoms with E-state index in [1.54, 1.807) is 7.11 Å². The van der Waals surface area contributed by atoms with E-state index >= 15 is 0 Å². The Morgan fingerprint density at radius 1 is 1.65 bits per heavy atom. The standard InChI is InChI=1S/C11H21N3O3/c1-17-6-2-5-13-10(15)8-14-7-9(12)3-4-11(14)16/h9H,2-8,12H2,1H3,(H,13,15). The summed E-state index contributed by atoms with van der Waals surface area (Å²) in [6.07, 6.45) is 1.93. The molecule has 2 amide bonds. The second kappa shape index (κ2) is 7.24. The van der Waals surface area contributed by atoms with Gasteiger partial charge in [0.05, 0.1) is 6.54 Å². The lowest BCUT2D eigenvalue weighted by Crippen LogP contribution is -2.49. The molecule has 6 nitrogen and oxygen atoms in total. The van der Waals surface area contributed by atoms with Crippen LogP contribution in [0.25, 0.3) is 0 Å². The number of methoxy groups -OCH3 is 1. The maximum atomic E-state index is 11.5. The Morgan fingerprint density at radius 2 is 2.41 bits per heavy atom. The predicted octanol–water partition coefficient (Wildman–Crippen LogP) is -0.911. The first-order valence-corrected chi connectivity index (χ1v) is 5.92. The van der Waals surface area contributed by atoms with Gasteiger partial charge in [0.1, 0.15) is 0 Å². The summed E-state index contributed by atoms with van der Waals surface area (Å²) in [5.74, 6) is -0.123. The first kappa shape index (κ1) is 13.9. The zero-order valence-electron chi connectivity index (χ0n) is 10.3. The predicted molar refractivity (Wildman–Crippen MR) is 63.3 cm³/mol. The van der Waals surface area contributed by atoms with Crippen molar-refractivity contribution in [1.29, 1.82) is 0 Å². The highest BCUT2D eigenvalue weighted by Gasteiger charge is 2.24. The van der Waals surface area contributed by atoms with Crippen molar-refractivity contribution in [2.75, 3.05) is 33.4 Å². The zero-order chi connectivity index (χ0) is 12.7. The van der Waals surface area contributed by atoms with Gasteiger partial charge in [-0.1, -0.05) is 0 Å². The van der Waals surface area contributed by atoms with Crippen LogP contribution in [0.5, 0.6) is 0 Å². The maximum Gasteiger partial charge on any atom is 0.239 e. The molecule has 98 valence electrons. The summed E-state index contributed by atoms with van der Waals surface area (Å²) in [5.41, 5.74) is 5.76. The molecular formula is C11H21N3O3. The van der Waals surface area contributed by atoms with Crippen molar-refractivity contribution in [2.24, 2.45) is 5.73 Å². The summed E-state index contributed by atoms with van der Waals surface area (Å²) < 4.78 is 4.87. The number of likely N-dealkylation sites (tertiary alicyclic amines) is 1. The first-order valence-electron chi connectivity index (χ1n) is 5.92. The maximum absolute atomic E-state index is 11.5. The number of hydrogen-bond donors (Lipinski definition) is 2. The van der Waals surface area contributed by atoms with Gasteiger partial charge < -0.3 is 20.7 Å². The van der Waals surface area contributed by atoms with Crippen LogP contribution in [0.15, 0.2) is 0 Å². The molecule has 0 aromatic rings. The molecule has 0 bridgehead atoms. The van der Waals surface area contributed by atoms with E-state index in [2.05, 4.69) is 5.32 Å². The lowest BCUT2D eigenvalue weighted by molar-refractivity contribution is -0.138. The van der Waals surface area contributed by atoms with Crippen LogP contribution in [-0.2, 0) is 14.3 Å². The number of carbonyl (C=O) groups excluding carboxylic acids is 2. The molecule has 1 fully saturated rings. The zero-order valence-corrected chi connectivity index (χ0v) is 10.3. The Balaban J connectivity index is 2.22. The molecule has 17 heavy (non-hydrogen) atoms. The van der Waals surface area contributed by atoms with Gasteiger partial charge in [-0.15, -0.1) is 0 Å². The molecule has 3 N–H and O–H groups in total. The third kappa shape index (κ3) is 5.14. The van der Waals surface area contributed by atoms with Gasteiger partial charge in [-0.05, 0) is 12.8 Å². The van der Waals surface area contributed by atoms with E-state index in [-0.39, 0.29) is 24.4 Å². The van der Waals surface area contributed by atoms with Crippen molar-refractivity contribution in [3.8, 4) is 0 Å². The number of nitrogens with zero attached hydrogens (tertiary/aromatic N) is 1. The van der Waals surface area contributed by atoms with E-state index in [1.807, 2.05) is 0 Å². The Morgan fingerprint density at radius 3 is 3.12 bits per heavy atom. The lowest BCUT2D eigenvalue weighted by atomic mass is 10.1. The van der Waals surface area contributed by atoms with E-state index < -0.39 is 0 Å². The number of nitrogens with two attached hydrogens (primary N) is 1. The Bertz CT molecular complexity index is 271. The molecular weight excluding hydrogens is 222 g/mol. The first-order chi connectivity index (χ1) is 8.13. The van der Waals surface area contributed by atoms with Crippen LogP contribution in [0, 0.1) is 0 Å². The van der Waals surface area contributed by atoms with Gasteiger partial charge in [-0.25, -0.2) is 0 Å². The van der Waals surface area contributed by atoms with Gasteiger partial charge in [-0.2, -0.15) is 0 Å². The van der Waals surface area contributed by atoms with Crippen LogP contribution in [0.3, 0.4) is 0 Å². The van der Waals surface area contributed by atoms with Gasteiger partial charge in [-0.3, -0.25) is 9.59 Å². The molecule has 1 unspecified atom stereocenters. The summed E-state index contributed by atoms with van der Waals surface area (Å²) in [6.45, 7) is 1.78. The number of hydrogen-bond acceptors (Lipinski definition) is 4. The third-order valence-corrected chi connectivity index (χ3v) is 2.72. The molecule has 1 saturated heterocycles. The molecule has 0 aromatic heterocycles. The second-order valence-corrected chi connectivity index (χ2v) is 4.27. The van der Waals surface area contributed by atoms with Crippen LogP contribution >= 0.6 is 0 Å². The highest BCUT2D eigenvalue weighted by atomic mass is 16.5. The average molecular weight is 243 g/mol. The van der Waals surface area contributed by atoms with Crippen LogP contribution in [0.2, 0.25) is 0 Å². The van der Waals surface area contributed by atoms with Crippen molar-refractivity contribution in [3.05, 3.63) is 0 Å². The summed E-state index contributed by atoms with van der Waals surface area (Å²) in [7, 11) is 1.62. The minimum Gasteiger partial charge on any atom is -0.385 e. The molecule has 1 aliphatic heterocycles. The summed E-state index contributed by atoms with van der Waals surface area (Å²) in [5, 5.41) is 2.75. The molecule has 0 spiro atoms. The summed E-state index contributed by atoms with van der Waals surface area (Å²) in [4.78, 5) is 24.6. The largest absolute Gasteiger partial charge is 0.385 e. The number of amides is 2. The highest BCUT2D eigenvalue weighted by molar-refractivity contribution is 5.85. The van der Waals surface area contributed by atoms with Gasteiger partial charge in [0.25, 0.3) is 0 Å². The van der Waals surface area contributed by atoms with Crippen molar-refractivity contribution in [1.82, 2.24) is 10.2 Å². The summed E-state index contributed by atoms with van der Waals surface area (Å²) in [6, 6.07) is -0.00556. The van der Waals surface area contributed by atoms with Crippen LogP contribution in [-0.4, -0.2) is 56.1 Å².